The molecule has 0 aliphatic heterocycles. The van der Waals surface area contributed by atoms with E-state index in [1.165, 1.54) is 340 Å². The molecular weight excluding hydrogens is 1100 g/mol. The fourth-order valence-electron chi connectivity index (χ4n) is 12.5. The molecule has 0 radical (unpaired) electrons. The van der Waals surface area contributed by atoms with Crippen LogP contribution in [0.15, 0.2) is 72.9 Å². The lowest BCUT2D eigenvalue weighted by molar-refractivity contribution is -0.161. The Balaban J connectivity index is 3.38. The molecule has 90 heavy (non-hydrogen) atoms. The van der Waals surface area contributed by atoms with Gasteiger partial charge >= 0.3 is 11.9 Å². The van der Waals surface area contributed by atoms with Gasteiger partial charge in [-0.25, -0.2) is 0 Å². The van der Waals surface area contributed by atoms with Crippen LogP contribution < -0.4 is 0 Å². The summed E-state index contributed by atoms with van der Waals surface area (Å²) in [5.41, 5.74) is 0. The van der Waals surface area contributed by atoms with Crippen molar-refractivity contribution in [3.63, 3.8) is 0 Å². The van der Waals surface area contributed by atoms with Crippen LogP contribution in [0.2, 0.25) is 0 Å². The third kappa shape index (κ3) is 77.8. The zero-order valence-corrected chi connectivity index (χ0v) is 60.7. The number of allylic oxidation sites excluding steroid dienone is 12. The standard InChI is InChI=1S/C85H156O5/c1-3-5-7-9-11-13-15-17-19-21-23-25-27-29-31-33-35-37-39-40-41-42-43-44-46-48-50-52-54-56-58-60-62-64-66-68-70-72-74-76-78-80-85(88)90-83(81-86)82-89-84(87)79-77-75-73-71-69-67-65-63-61-59-57-55-53-51-49-47-45-38-36-34-32-30-28-26-24-22-20-18-16-14-12-10-8-6-4-2/h5,7,11,13,17,19,23,25,29,31,35,37,83,86H,3-4,6,8-10,12,14-16,18,20-22,24,26-28,30,32-34,36,38-82H2,1-2H3/b7-5-,13-11-,19-17-,25-23-,31-29-,37-35-. The SMILES string of the molecule is CC/C=C\C/C=C\C/C=C\C/C=C\C/C=C\C/C=C\CCCCCCCCCCCCCCCCCCCCCCCCC(=O)OC(CO)COC(=O)CCCCCCCCCCCCCCCCCCCCCCCCCCCCCCCCCCCCC. The van der Waals surface area contributed by atoms with Crippen LogP contribution in [0, 0.1) is 0 Å². The largest absolute Gasteiger partial charge is 0.462 e. The fraction of sp³-hybridized carbons (Fsp3) is 0.835. The van der Waals surface area contributed by atoms with Crippen LogP contribution in [0.5, 0.6) is 0 Å². The maximum absolute atomic E-state index is 12.4. The molecule has 526 valence electrons. The number of carbonyl (C=O) groups excluding carboxylic acids is 2. The average Bonchev–Trinajstić information content (AvgIpc) is 3.60. The van der Waals surface area contributed by atoms with Crippen molar-refractivity contribution in [1.82, 2.24) is 0 Å². The monoisotopic (exact) mass is 1260 g/mol. The van der Waals surface area contributed by atoms with E-state index in [1.54, 1.807) is 0 Å². The van der Waals surface area contributed by atoms with E-state index >= 15 is 0 Å². The number of unbranched alkanes of at least 4 members (excludes halogenated alkanes) is 56. The quantitative estimate of drug-likeness (QED) is 0.0373. The lowest BCUT2D eigenvalue weighted by atomic mass is 10.0. The second-order valence-electron chi connectivity index (χ2n) is 27.5. The molecule has 1 unspecified atom stereocenters. The third-order valence-corrected chi connectivity index (χ3v) is 18.5. The zero-order chi connectivity index (χ0) is 64.7. The van der Waals surface area contributed by atoms with E-state index in [1.807, 2.05) is 0 Å². The number of ether oxygens (including phenoxy) is 2. The Morgan fingerprint density at radius 3 is 0.722 bits per heavy atom. The molecule has 1 atom stereocenters. The number of hydrogen-bond acceptors (Lipinski definition) is 5. The van der Waals surface area contributed by atoms with Crippen molar-refractivity contribution in [1.29, 1.82) is 0 Å². The van der Waals surface area contributed by atoms with Gasteiger partial charge in [0.05, 0.1) is 6.61 Å². The minimum atomic E-state index is -0.772. The van der Waals surface area contributed by atoms with Crippen molar-refractivity contribution in [3.05, 3.63) is 72.9 Å². The minimum absolute atomic E-state index is 0.0597. The highest BCUT2D eigenvalue weighted by molar-refractivity contribution is 5.70. The van der Waals surface area contributed by atoms with Gasteiger partial charge in [0.15, 0.2) is 6.10 Å². The fourth-order valence-corrected chi connectivity index (χ4v) is 12.5. The highest BCUT2D eigenvalue weighted by atomic mass is 16.6. The van der Waals surface area contributed by atoms with Gasteiger partial charge in [0.1, 0.15) is 6.61 Å². The molecule has 0 saturated heterocycles. The second kappa shape index (κ2) is 80.6. The number of aliphatic hydroxyl groups is 1. The van der Waals surface area contributed by atoms with E-state index in [9.17, 15) is 14.7 Å². The van der Waals surface area contributed by atoms with E-state index in [-0.39, 0.29) is 25.2 Å². The van der Waals surface area contributed by atoms with Crippen LogP contribution in [0.3, 0.4) is 0 Å². The number of esters is 2. The lowest BCUT2D eigenvalue weighted by Crippen LogP contribution is -2.28. The first-order valence-corrected chi connectivity index (χ1v) is 40.5. The number of rotatable bonds is 76. The van der Waals surface area contributed by atoms with Gasteiger partial charge in [-0.1, -0.05) is 433 Å². The molecule has 0 aliphatic rings. The Hall–Kier alpha value is -2.66. The highest BCUT2D eigenvalue weighted by Crippen LogP contribution is 2.20. The van der Waals surface area contributed by atoms with E-state index in [4.69, 9.17) is 9.47 Å². The first-order valence-electron chi connectivity index (χ1n) is 40.5. The van der Waals surface area contributed by atoms with Crippen molar-refractivity contribution in [2.75, 3.05) is 13.2 Å². The molecule has 0 aromatic rings. The van der Waals surface area contributed by atoms with Crippen molar-refractivity contribution >= 4 is 11.9 Å². The first kappa shape index (κ1) is 87.3. The van der Waals surface area contributed by atoms with E-state index in [2.05, 4.69) is 86.8 Å². The maximum atomic E-state index is 12.4. The Morgan fingerprint density at radius 1 is 0.267 bits per heavy atom. The van der Waals surface area contributed by atoms with Gasteiger partial charge in [0.25, 0.3) is 0 Å². The average molecular weight is 1260 g/mol. The smallest absolute Gasteiger partial charge is 0.306 e. The molecule has 0 saturated carbocycles. The molecule has 1 N–H and O–H groups in total. The summed E-state index contributed by atoms with van der Waals surface area (Å²) in [5.74, 6) is -0.564. The van der Waals surface area contributed by atoms with Gasteiger partial charge < -0.3 is 14.6 Å². The van der Waals surface area contributed by atoms with Crippen LogP contribution in [-0.2, 0) is 19.1 Å². The molecule has 0 spiro atoms. The maximum Gasteiger partial charge on any atom is 0.306 e. The molecule has 0 bridgehead atoms. The molecule has 5 heteroatoms. The molecular formula is C85H156O5. The Morgan fingerprint density at radius 2 is 0.478 bits per heavy atom. The summed E-state index contributed by atoms with van der Waals surface area (Å²) < 4.78 is 10.8. The summed E-state index contributed by atoms with van der Waals surface area (Å²) in [4.78, 5) is 24.7. The van der Waals surface area contributed by atoms with Crippen molar-refractivity contribution in [2.45, 2.75) is 444 Å². The molecule has 5 nitrogen and oxygen atoms in total. The number of carbonyl (C=O) groups is 2. The lowest BCUT2D eigenvalue weighted by Gasteiger charge is -2.15. The van der Waals surface area contributed by atoms with E-state index < -0.39 is 6.10 Å². The summed E-state index contributed by atoms with van der Waals surface area (Å²) in [6.45, 7) is 4.09. The number of aliphatic hydroxyl groups excluding tert-OH is 1. The summed E-state index contributed by atoms with van der Waals surface area (Å²) in [6, 6.07) is 0. The summed E-state index contributed by atoms with van der Waals surface area (Å²) in [7, 11) is 0. The van der Waals surface area contributed by atoms with Gasteiger partial charge in [0, 0.05) is 12.8 Å². The van der Waals surface area contributed by atoms with Crippen LogP contribution in [0.1, 0.15) is 438 Å². The summed E-state index contributed by atoms with van der Waals surface area (Å²) >= 11 is 0. The Bertz CT molecular complexity index is 1570. The summed E-state index contributed by atoms with van der Waals surface area (Å²) in [5, 5.41) is 9.73. The highest BCUT2D eigenvalue weighted by Gasteiger charge is 2.16. The van der Waals surface area contributed by atoms with Crippen LogP contribution in [-0.4, -0.2) is 36.4 Å². The topological polar surface area (TPSA) is 72.8 Å². The first-order chi connectivity index (χ1) is 44.6. The van der Waals surface area contributed by atoms with Crippen molar-refractivity contribution in [3.8, 4) is 0 Å². The molecule has 0 fully saturated rings. The molecule has 0 aromatic heterocycles. The van der Waals surface area contributed by atoms with Crippen LogP contribution in [0.25, 0.3) is 0 Å². The zero-order valence-electron chi connectivity index (χ0n) is 60.7. The minimum Gasteiger partial charge on any atom is -0.462 e. The molecule has 0 rings (SSSR count). The normalized spacial score (nSPS) is 12.5. The predicted molar refractivity (Wildman–Crippen MR) is 399 cm³/mol. The van der Waals surface area contributed by atoms with Crippen LogP contribution >= 0.6 is 0 Å². The van der Waals surface area contributed by atoms with Crippen molar-refractivity contribution in [2.24, 2.45) is 0 Å². The summed E-state index contributed by atoms with van der Waals surface area (Å²) in [6.07, 6.45) is 113. The van der Waals surface area contributed by atoms with Crippen molar-refractivity contribution < 1.29 is 24.2 Å². The Labute approximate surface area is 563 Å². The van der Waals surface area contributed by atoms with Gasteiger partial charge in [-0.3, -0.25) is 9.59 Å². The molecule has 0 amide bonds. The number of hydrogen-bond donors (Lipinski definition) is 1. The van der Waals surface area contributed by atoms with E-state index in [0.29, 0.717) is 12.8 Å². The van der Waals surface area contributed by atoms with Gasteiger partial charge in [-0.2, -0.15) is 0 Å². The predicted octanol–water partition coefficient (Wildman–Crippen LogP) is 28.6. The molecule has 0 aromatic carbocycles. The van der Waals surface area contributed by atoms with Crippen LogP contribution in [0.4, 0.5) is 0 Å². The van der Waals surface area contributed by atoms with Gasteiger partial charge in [-0.15, -0.1) is 0 Å². The molecule has 0 heterocycles. The van der Waals surface area contributed by atoms with Gasteiger partial charge in [0.2, 0.25) is 0 Å². The van der Waals surface area contributed by atoms with Gasteiger partial charge in [-0.05, 0) is 64.2 Å². The molecule has 0 aliphatic carbocycles. The van der Waals surface area contributed by atoms with E-state index in [0.717, 1.165) is 70.6 Å². The Kier molecular flexibility index (Phi) is 78.2. The third-order valence-electron chi connectivity index (χ3n) is 18.5. The second-order valence-corrected chi connectivity index (χ2v) is 27.5.